The van der Waals surface area contributed by atoms with E-state index in [1.165, 1.54) is 38.5 Å². The van der Waals surface area contributed by atoms with Crippen molar-refractivity contribution >= 4 is 0 Å². The Hall–Kier alpha value is -0.0400. The van der Waals surface area contributed by atoms with E-state index in [1.54, 1.807) is 0 Å². The summed E-state index contributed by atoms with van der Waals surface area (Å²) < 4.78 is 0. The second kappa shape index (κ2) is 4.86. The van der Waals surface area contributed by atoms with Crippen LogP contribution in [-0.4, -0.2) is 6.04 Å². The first-order chi connectivity index (χ1) is 5.75. The van der Waals surface area contributed by atoms with Gasteiger partial charge in [0.2, 0.25) is 0 Å². The Kier molecular flexibility index (Phi) is 4.07. The van der Waals surface area contributed by atoms with Crippen molar-refractivity contribution in [1.82, 2.24) is 0 Å². The predicted molar refractivity (Wildman–Crippen MR) is 54.0 cm³/mol. The first kappa shape index (κ1) is 10.0. The van der Waals surface area contributed by atoms with Gasteiger partial charge < -0.3 is 5.73 Å². The molecular weight excluding hydrogens is 146 g/mol. The average Bonchev–Trinajstić information content (AvgIpc) is 2.55. The molecular formula is C11H23N. The maximum atomic E-state index is 6.21. The molecule has 0 aromatic heterocycles. The number of nitrogens with two attached hydrogens (primary N) is 1. The molecule has 2 atom stereocenters. The van der Waals surface area contributed by atoms with Crippen molar-refractivity contribution in [1.29, 1.82) is 0 Å². The van der Waals surface area contributed by atoms with Crippen LogP contribution in [0.2, 0.25) is 0 Å². The van der Waals surface area contributed by atoms with Gasteiger partial charge in [0.25, 0.3) is 0 Å². The lowest BCUT2D eigenvalue weighted by Crippen LogP contribution is -2.34. The second-order valence-corrected chi connectivity index (χ2v) is 4.39. The molecule has 1 aliphatic rings. The van der Waals surface area contributed by atoms with E-state index in [4.69, 9.17) is 5.73 Å². The Morgan fingerprint density at radius 2 is 1.92 bits per heavy atom. The molecule has 0 amide bonds. The molecule has 72 valence electrons. The van der Waals surface area contributed by atoms with Gasteiger partial charge in [0.15, 0.2) is 0 Å². The molecule has 0 aromatic carbocycles. The third-order valence-electron chi connectivity index (χ3n) is 3.35. The van der Waals surface area contributed by atoms with E-state index in [-0.39, 0.29) is 0 Å². The highest BCUT2D eigenvalue weighted by Gasteiger charge is 2.25. The van der Waals surface area contributed by atoms with Gasteiger partial charge in [-0.3, -0.25) is 0 Å². The molecule has 1 rings (SSSR count). The molecule has 2 unspecified atom stereocenters. The van der Waals surface area contributed by atoms with Gasteiger partial charge in [0, 0.05) is 6.04 Å². The van der Waals surface area contributed by atoms with Crippen LogP contribution in [-0.2, 0) is 0 Å². The van der Waals surface area contributed by atoms with E-state index in [0.717, 1.165) is 11.8 Å². The monoisotopic (exact) mass is 169 g/mol. The Labute approximate surface area is 76.7 Å². The first-order valence-electron chi connectivity index (χ1n) is 5.51. The fourth-order valence-electron chi connectivity index (χ4n) is 2.45. The third-order valence-corrected chi connectivity index (χ3v) is 3.35. The summed E-state index contributed by atoms with van der Waals surface area (Å²) in [7, 11) is 0. The number of hydrogen-bond acceptors (Lipinski definition) is 1. The van der Waals surface area contributed by atoms with Gasteiger partial charge in [0.1, 0.15) is 0 Å². The van der Waals surface area contributed by atoms with Crippen LogP contribution in [0, 0.1) is 11.8 Å². The van der Waals surface area contributed by atoms with E-state index < -0.39 is 0 Å². The zero-order valence-corrected chi connectivity index (χ0v) is 8.55. The molecule has 0 heterocycles. The molecule has 1 heteroatoms. The third kappa shape index (κ3) is 2.48. The Morgan fingerprint density at radius 1 is 1.33 bits per heavy atom. The van der Waals surface area contributed by atoms with E-state index in [0.29, 0.717) is 6.04 Å². The van der Waals surface area contributed by atoms with Crippen LogP contribution in [0.1, 0.15) is 52.4 Å². The Bertz CT molecular complexity index is 116. The lowest BCUT2D eigenvalue weighted by molar-refractivity contribution is 0.314. The van der Waals surface area contributed by atoms with Crippen molar-refractivity contribution < 1.29 is 0 Å². The normalized spacial score (nSPS) is 24.2. The number of hydrogen-bond donors (Lipinski definition) is 1. The van der Waals surface area contributed by atoms with Crippen LogP contribution in [0.4, 0.5) is 0 Å². The predicted octanol–water partition coefficient (Wildman–Crippen LogP) is 2.94. The maximum Gasteiger partial charge on any atom is 0.00929 e. The largest absolute Gasteiger partial charge is 0.327 e. The number of rotatable bonds is 4. The molecule has 2 N–H and O–H groups in total. The highest BCUT2D eigenvalue weighted by atomic mass is 14.7. The smallest absolute Gasteiger partial charge is 0.00929 e. The summed E-state index contributed by atoms with van der Waals surface area (Å²) in [6, 6.07) is 0.479. The molecule has 0 radical (unpaired) electrons. The fourth-order valence-corrected chi connectivity index (χ4v) is 2.45. The van der Waals surface area contributed by atoms with Crippen LogP contribution in [0.15, 0.2) is 0 Å². The van der Waals surface area contributed by atoms with Gasteiger partial charge in [0.05, 0.1) is 0 Å². The summed E-state index contributed by atoms with van der Waals surface area (Å²) >= 11 is 0. The van der Waals surface area contributed by atoms with Crippen molar-refractivity contribution in [3.8, 4) is 0 Å². The molecule has 1 saturated carbocycles. The average molecular weight is 169 g/mol. The fraction of sp³-hybridized carbons (Fsp3) is 1.00. The van der Waals surface area contributed by atoms with Crippen molar-refractivity contribution in [2.75, 3.05) is 0 Å². The minimum Gasteiger partial charge on any atom is -0.327 e. The molecule has 0 saturated heterocycles. The van der Waals surface area contributed by atoms with Crippen molar-refractivity contribution in [2.24, 2.45) is 17.6 Å². The van der Waals surface area contributed by atoms with Crippen molar-refractivity contribution in [3.05, 3.63) is 0 Å². The summed E-state index contributed by atoms with van der Waals surface area (Å²) in [4.78, 5) is 0. The van der Waals surface area contributed by atoms with E-state index >= 15 is 0 Å². The molecule has 0 aromatic rings. The molecule has 12 heavy (non-hydrogen) atoms. The highest BCUT2D eigenvalue weighted by molar-refractivity contribution is 4.81. The van der Waals surface area contributed by atoms with Crippen LogP contribution in [0.5, 0.6) is 0 Å². The summed E-state index contributed by atoms with van der Waals surface area (Å²) in [5.74, 6) is 1.57. The van der Waals surface area contributed by atoms with Gasteiger partial charge in [-0.05, 0) is 31.1 Å². The molecule has 1 aliphatic carbocycles. The minimum absolute atomic E-state index is 0.479. The summed E-state index contributed by atoms with van der Waals surface area (Å²) in [5, 5.41) is 0. The molecule has 0 bridgehead atoms. The zero-order valence-electron chi connectivity index (χ0n) is 8.55. The minimum atomic E-state index is 0.479. The molecule has 1 nitrogen and oxygen atoms in total. The molecule has 1 fully saturated rings. The van der Waals surface area contributed by atoms with Gasteiger partial charge in [-0.2, -0.15) is 0 Å². The summed E-state index contributed by atoms with van der Waals surface area (Å²) in [5.41, 5.74) is 6.21. The first-order valence-corrected chi connectivity index (χ1v) is 5.51. The van der Waals surface area contributed by atoms with Gasteiger partial charge in [-0.25, -0.2) is 0 Å². The molecule has 0 aliphatic heterocycles. The van der Waals surface area contributed by atoms with Gasteiger partial charge in [-0.1, -0.05) is 33.1 Å². The zero-order chi connectivity index (χ0) is 8.97. The van der Waals surface area contributed by atoms with Crippen molar-refractivity contribution in [3.63, 3.8) is 0 Å². The van der Waals surface area contributed by atoms with E-state index in [9.17, 15) is 0 Å². The SMILES string of the molecule is CCCC(C)C(N)C1CCCC1. The summed E-state index contributed by atoms with van der Waals surface area (Å²) in [6.07, 6.45) is 8.18. The lowest BCUT2D eigenvalue weighted by Gasteiger charge is -2.25. The second-order valence-electron chi connectivity index (χ2n) is 4.39. The van der Waals surface area contributed by atoms with E-state index in [1.807, 2.05) is 0 Å². The van der Waals surface area contributed by atoms with Crippen LogP contribution in [0.25, 0.3) is 0 Å². The van der Waals surface area contributed by atoms with Crippen LogP contribution in [0.3, 0.4) is 0 Å². The Morgan fingerprint density at radius 3 is 2.42 bits per heavy atom. The Balaban J connectivity index is 2.29. The van der Waals surface area contributed by atoms with Gasteiger partial charge >= 0.3 is 0 Å². The topological polar surface area (TPSA) is 26.0 Å². The van der Waals surface area contributed by atoms with Gasteiger partial charge in [-0.15, -0.1) is 0 Å². The quantitative estimate of drug-likeness (QED) is 0.688. The highest BCUT2D eigenvalue weighted by Crippen LogP contribution is 2.30. The molecule has 0 spiro atoms. The maximum absolute atomic E-state index is 6.21. The van der Waals surface area contributed by atoms with Crippen molar-refractivity contribution in [2.45, 2.75) is 58.4 Å². The van der Waals surface area contributed by atoms with Crippen LogP contribution >= 0.6 is 0 Å². The van der Waals surface area contributed by atoms with Crippen LogP contribution < -0.4 is 5.73 Å². The van der Waals surface area contributed by atoms with E-state index in [2.05, 4.69) is 13.8 Å². The lowest BCUT2D eigenvalue weighted by atomic mass is 9.86. The standard InChI is InChI=1S/C11H23N/c1-3-6-9(2)11(12)10-7-4-5-8-10/h9-11H,3-8,12H2,1-2H3. The summed E-state index contributed by atoms with van der Waals surface area (Å²) in [6.45, 7) is 4.56.